The molecule has 0 spiro atoms. The van der Waals surface area contributed by atoms with Crippen molar-refractivity contribution in [3.63, 3.8) is 0 Å². The second-order valence-corrected chi connectivity index (χ2v) is 5.40. The number of nitrogens with two attached hydrogens (primary N) is 1. The molecule has 0 fully saturated rings. The summed E-state index contributed by atoms with van der Waals surface area (Å²) in [5, 5.41) is 0. The Bertz CT molecular complexity index is 429. The van der Waals surface area contributed by atoms with E-state index in [9.17, 15) is 9.18 Å². The normalized spacial score (nSPS) is 12.8. The monoisotopic (exact) mass is 284 g/mol. The summed E-state index contributed by atoms with van der Waals surface area (Å²) in [4.78, 5) is 16.5. The zero-order chi connectivity index (χ0) is 15.2. The molecule has 6 heteroatoms. The van der Waals surface area contributed by atoms with Crippen molar-refractivity contribution in [3.05, 3.63) is 35.6 Å². The first kappa shape index (κ1) is 16.4. The molecule has 0 saturated heterocycles. The van der Waals surface area contributed by atoms with Gasteiger partial charge in [-0.05, 0) is 38.5 Å². The van der Waals surface area contributed by atoms with Crippen molar-refractivity contribution in [3.8, 4) is 0 Å². The largest absolute Gasteiger partial charge is 0.442 e. The van der Waals surface area contributed by atoms with Crippen LogP contribution in [0, 0.1) is 5.82 Å². The summed E-state index contributed by atoms with van der Waals surface area (Å²) in [5.74, 6) is -0.442. The third-order valence-corrected chi connectivity index (χ3v) is 2.46. The Kier molecular flexibility index (Phi) is 5.91. The van der Waals surface area contributed by atoms with E-state index in [1.54, 1.807) is 32.9 Å². The van der Waals surface area contributed by atoms with Gasteiger partial charge < -0.3 is 10.5 Å². The number of benzene rings is 1. The maximum Gasteiger partial charge on any atom is 0.431 e. The minimum absolute atomic E-state index is 0.134. The van der Waals surface area contributed by atoms with E-state index in [1.165, 1.54) is 12.1 Å². The van der Waals surface area contributed by atoms with E-state index in [0.29, 0.717) is 6.54 Å². The van der Waals surface area contributed by atoms with E-state index >= 15 is 0 Å². The van der Waals surface area contributed by atoms with Gasteiger partial charge in [-0.1, -0.05) is 12.1 Å². The van der Waals surface area contributed by atoms with E-state index in [2.05, 4.69) is 5.48 Å². The Hall–Kier alpha value is -1.66. The number of rotatable bonds is 5. The Labute approximate surface area is 118 Å². The van der Waals surface area contributed by atoms with E-state index in [4.69, 9.17) is 15.3 Å². The summed E-state index contributed by atoms with van der Waals surface area (Å²) in [5.41, 5.74) is 8.10. The van der Waals surface area contributed by atoms with Crippen LogP contribution in [-0.2, 0) is 9.57 Å². The second-order valence-electron chi connectivity index (χ2n) is 5.40. The van der Waals surface area contributed by atoms with Crippen LogP contribution < -0.4 is 11.2 Å². The van der Waals surface area contributed by atoms with Gasteiger partial charge >= 0.3 is 6.09 Å². The summed E-state index contributed by atoms with van der Waals surface area (Å²) < 4.78 is 17.9. The highest BCUT2D eigenvalue weighted by Gasteiger charge is 2.17. The third kappa shape index (κ3) is 5.99. The molecule has 1 aromatic carbocycles. The van der Waals surface area contributed by atoms with Crippen LogP contribution in [0.25, 0.3) is 0 Å². The number of amides is 1. The Balaban J connectivity index is 2.42. The second kappa shape index (κ2) is 7.21. The zero-order valence-corrected chi connectivity index (χ0v) is 12.0. The van der Waals surface area contributed by atoms with Crippen LogP contribution in [0.3, 0.4) is 0 Å². The van der Waals surface area contributed by atoms with Crippen molar-refractivity contribution < 1.29 is 18.8 Å². The molecule has 3 N–H and O–H groups in total. The lowest BCUT2D eigenvalue weighted by atomic mass is 10.0. The predicted molar refractivity (Wildman–Crippen MR) is 73.5 cm³/mol. The molecule has 20 heavy (non-hydrogen) atoms. The van der Waals surface area contributed by atoms with Gasteiger partial charge in [0.2, 0.25) is 0 Å². The minimum atomic E-state index is -0.660. The maximum atomic E-state index is 12.8. The van der Waals surface area contributed by atoms with Crippen molar-refractivity contribution >= 4 is 6.09 Å². The molecule has 1 aromatic rings. The van der Waals surface area contributed by atoms with Crippen molar-refractivity contribution in [2.45, 2.75) is 32.3 Å². The van der Waals surface area contributed by atoms with E-state index < -0.39 is 11.7 Å². The van der Waals surface area contributed by atoms with Gasteiger partial charge in [-0.2, -0.15) is 5.48 Å². The highest BCUT2D eigenvalue weighted by Crippen LogP contribution is 2.15. The number of hydrogen-bond donors (Lipinski definition) is 2. The van der Waals surface area contributed by atoms with Crippen LogP contribution in [-0.4, -0.2) is 24.8 Å². The molecule has 112 valence electrons. The number of hydrogen-bond acceptors (Lipinski definition) is 4. The van der Waals surface area contributed by atoms with Crippen molar-refractivity contribution in [2.75, 3.05) is 13.2 Å². The molecular weight excluding hydrogens is 263 g/mol. The van der Waals surface area contributed by atoms with Gasteiger partial charge in [0, 0.05) is 12.5 Å². The molecule has 1 rings (SSSR count). The molecular formula is C14H21FN2O3. The number of carbonyl (C=O) groups excluding carboxylic acids is 1. The summed E-state index contributed by atoms with van der Waals surface area (Å²) in [7, 11) is 0. The lowest BCUT2D eigenvalue weighted by Crippen LogP contribution is -2.34. The molecule has 1 amide bonds. The van der Waals surface area contributed by atoms with Gasteiger partial charge in [0.05, 0.1) is 6.61 Å². The standard InChI is InChI=1S/C14H21FN2O3/c1-14(2,3)20-13(18)17-19-9-11(8-16)10-4-6-12(15)7-5-10/h4-7,11H,8-9,16H2,1-3H3,(H,17,18). The highest BCUT2D eigenvalue weighted by molar-refractivity contribution is 5.66. The molecule has 0 heterocycles. The zero-order valence-electron chi connectivity index (χ0n) is 12.0. The van der Waals surface area contributed by atoms with Gasteiger partial charge in [-0.25, -0.2) is 9.18 Å². The number of nitrogens with one attached hydrogen (secondary N) is 1. The topological polar surface area (TPSA) is 73.6 Å². The first-order chi connectivity index (χ1) is 9.31. The lowest BCUT2D eigenvalue weighted by molar-refractivity contribution is -0.0111. The molecule has 0 radical (unpaired) electrons. The van der Waals surface area contributed by atoms with Gasteiger partial charge in [-0.15, -0.1) is 0 Å². The molecule has 0 bridgehead atoms. The van der Waals surface area contributed by atoms with Crippen LogP contribution in [0.1, 0.15) is 32.3 Å². The molecule has 5 nitrogen and oxygen atoms in total. The Morgan fingerprint density at radius 3 is 2.45 bits per heavy atom. The number of halogens is 1. The summed E-state index contributed by atoms with van der Waals surface area (Å²) in [6, 6.07) is 6.01. The SMILES string of the molecule is CC(C)(C)OC(=O)NOCC(CN)c1ccc(F)cc1. The fraction of sp³-hybridized carbons (Fsp3) is 0.500. The van der Waals surface area contributed by atoms with Crippen LogP contribution in [0.15, 0.2) is 24.3 Å². The molecule has 0 aromatic heterocycles. The van der Waals surface area contributed by atoms with Gasteiger partial charge in [0.1, 0.15) is 11.4 Å². The van der Waals surface area contributed by atoms with Crippen molar-refractivity contribution in [2.24, 2.45) is 5.73 Å². The van der Waals surface area contributed by atoms with Crippen molar-refractivity contribution in [1.82, 2.24) is 5.48 Å². The minimum Gasteiger partial charge on any atom is -0.442 e. The van der Waals surface area contributed by atoms with Gasteiger partial charge in [-0.3, -0.25) is 4.84 Å². The Morgan fingerprint density at radius 2 is 1.95 bits per heavy atom. The van der Waals surface area contributed by atoms with Gasteiger partial charge in [0.15, 0.2) is 0 Å². The predicted octanol–water partition coefficient (Wildman–Crippen LogP) is 2.32. The van der Waals surface area contributed by atoms with Crippen LogP contribution in [0.5, 0.6) is 0 Å². The number of carbonyl (C=O) groups is 1. The quantitative estimate of drug-likeness (QED) is 0.814. The average molecular weight is 284 g/mol. The first-order valence-corrected chi connectivity index (χ1v) is 6.38. The van der Waals surface area contributed by atoms with E-state index in [0.717, 1.165) is 5.56 Å². The Morgan fingerprint density at radius 1 is 1.35 bits per heavy atom. The summed E-state index contributed by atoms with van der Waals surface area (Å²) in [6.45, 7) is 5.78. The lowest BCUT2D eigenvalue weighted by Gasteiger charge is -2.20. The fourth-order valence-corrected chi connectivity index (χ4v) is 1.54. The molecule has 0 saturated carbocycles. The fourth-order valence-electron chi connectivity index (χ4n) is 1.54. The highest BCUT2D eigenvalue weighted by atomic mass is 19.1. The van der Waals surface area contributed by atoms with E-state index in [-0.39, 0.29) is 18.3 Å². The van der Waals surface area contributed by atoms with Crippen molar-refractivity contribution in [1.29, 1.82) is 0 Å². The first-order valence-electron chi connectivity index (χ1n) is 6.38. The molecule has 1 unspecified atom stereocenters. The summed E-state index contributed by atoms with van der Waals surface area (Å²) in [6.07, 6.45) is -0.660. The molecule has 0 aliphatic heterocycles. The maximum absolute atomic E-state index is 12.8. The molecule has 0 aliphatic rings. The molecule has 0 aliphatic carbocycles. The average Bonchev–Trinajstić information content (AvgIpc) is 2.34. The number of hydroxylamine groups is 1. The smallest absolute Gasteiger partial charge is 0.431 e. The van der Waals surface area contributed by atoms with Crippen LogP contribution in [0.2, 0.25) is 0 Å². The molecule has 1 atom stereocenters. The summed E-state index contributed by atoms with van der Waals surface area (Å²) >= 11 is 0. The number of ether oxygens (including phenoxy) is 1. The van der Waals surface area contributed by atoms with Gasteiger partial charge in [0.25, 0.3) is 0 Å². The van der Waals surface area contributed by atoms with E-state index in [1.807, 2.05) is 0 Å². The third-order valence-electron chi connectivity index (χ3n) is 2.46. The van der Waals surface area contributed by atoms with Crippen LogP contribution >= 0.6 is 0 Å². The van der Waals surface area contributed by atoms with Crippen LogP contribution in [0.4, 0.5) is 9.18 Å².